The monoisotopic (exact) mass is 417 g/mol. The van der Waals surface area contributed by atoms with Crippen LogP contribution in [0.3, 0.4) is 0 Å². The van der Waals surface area contributed by atoms with Crippen molar-refractivity contribution < 1.29 is 8.42 Å². The van der Waals surface area contributed by atoms with Crippen molar-refractivity contribution in [2.75, 3.05) is 0 Å². The predicted octanol–water partition coefficient (Wildman–Crippen LogP) is 4.56. The van der Waals surface area contributed by atoms with Crippen molar-refractivity contribution in [1.29, 1.82) is 0 Å². The van der Waals surface area contributed by atoms with Crippen molar-refractivity contribution in [3.63, 3.8) is 0 Å². The summed E-state index contributed by atoms with van der Waals surface area (Å²) >= 11 is 0. The van der Waals surface area contributed by atoms with Crippen LogP contribution in [0.15, 0.2) is 95.1 Å². The Balaban J connectivity index is 1.58. The fraction of sp³-hybridized carbons (Fsp3) is 0.125. The van der Waals surface area contributed by atoms with Gasteiger partial charge in [-0.3, -0.25) is 0 Å². The highest BCUT2D eigenvalue weighted by Crippen LogP contribution is 2.21. The first-order chi connectivity index (χ1) is 14.6. The van der Waals surface area contributed by atoms with Crippen LogP contribution in [0, 0.1) is 0 Å². The molecule has 1 aromatic heterocycles. The lowest BCUT2D eigenvalue weighted by molar-refractivity contribution is 0.584. The van der Waals surface area contributed by atoms with E-state index >= 15 is 0 Å². The second-order valence-corrected chi connectivity index (χ2v) is 8.73. The van der Waals surface area contributed by atoms with E-state index in [-0.39, 0.29) is 4.90 Å². The Bertz CT molecular complexity index is 1280. The van der Waals surface area contributed by atoms with Gasteiger partial charge >= 0.3 is 0 Å². The van der Waals surface area contributed by atoms with Gasteiger partial charge in [-0.1, -0.05) is 67.6 Å². The van der Waals surface area contributed by atoms with E-state index in [4.69, 9.17) is 0 Å². The van der Waals surface area contributed by atoms with Gasteiger partial charge in [0.25, 0.3) is 10.0 Å². The quantitative estimate of drug-likeness (QED) is 0.354. The lowest BCUT2D eigenvalue weighted by atomic mass is 10.2. The number of hydrazone groups is 1. The number of benzene rings is 3. The van der Waals surface area contributed by atoms with Crippen LogP contribution in [0.2, 0.25) is 0 Å². The van der Waals surface area contributed by atoms with E-state index in [1.165, 1.54) is 5.56 Å². The lowest BCUT2D eigenvalue weighted by Crippen LogP contribution is -2.18. The largest absolute Gasteiger partial charge is 0.342 e. The van der Waals surface area contributed by atoms with E-state index in [2.05, 4.69) is 32.7 Å². The minimum atomic E-state index is -3.71. The molecule has 0 saturated heterocycles. The summed E-state index contributed by atoms with van der Waals surface area (Å²) in [5.74, 6) is 0. The molecule has 0 spiro atoms. The number of para-hydroxylation sites is 1. The van der Waals surface area contributed by atoms with Gasteiger partial charge in [-0.15, -0.1) is 0 Å². The maximum atomic E-state index is 12.5. The molecule has 0 aliphatic heterocycles. The number of rotatable bonds is 7. The van der Waals surface area contributed by atoms with E-state index in [1.807, 2.05) is 61.7 Å². The van der Waals surface area contributed by atoms with Crippen LogP contribution in [-0.4, -0.2) is 19.2 Å². The van der Waals surface area contributed by atoms with Gasteiger partial charge in [-0.25, -0.2) is 4.83 Å². The zero-order valence-corrected chi connectivity index (χ0v) is 17.5. The van der Waals surface area contributed by atoms with Gasteiger partial charge < -0.3 is 4.57 Å². The Morgan fingerprint density at radius 3 is 2.33 bits per heavy atom. The van der Waals surface area contributed by atoms with Crippen molar-refractivity contribution in [3.05, 3.63) is 102 Å². The van der Waals surface area contributed by atoms with Crippen molar-refractivity contribution in [2.24, 2.45) is 5.10 Å². The number of fused-ring (bicyclic) bond motifs is 1. The molecule has 30 heavy (non-hydrogen) atoms. The number of hydrogen-bond acceptors (Lipinski definition) is 3. The molecule has 0 aliphatic carbocycles. The van der Waals surface area contributed by atoms with Crippen LogP contribution in [0.1, 0.15) is 23.6 Å². The summed E-state index contributed by atoms with van der Waals surface area (Å²) in [5, 5.41) is 5.04. The SMILES string of the molecule is CCc1ccc(S(=O)(=O)N/N=C/c2cn(Cc3ccccc3)c3ccccc23)cc1. The smallest absolute Gasteiger partial charge is 0.276 e. The van der Waals surface area contributed by atoms with Crippen LogP contribution < -0.4 is 4.83 Å². The predicted molar refractivity (Wildman–Crippen MR) is 121 cm³/mol. The van der Waals surface area contributed by atoms with Crippen LogP contribution >= 0.6 is 0 Å². The molecular formula is C24H23N3O2S. The van der Waals surface area contributed by atoms with E-state index in [1.54, 1.807) is 18.3 Å². The Morgan fingerprint density at radius 1 is 0.900 bits per heavy atom. The molecule has 0 amide bonds. The van der Waals surface area contributed by atoms with Gasteiger partial charge in [0.05, 0.1) is 11.1 Å². The fourth-order valence-electron chi connectivity index (χ4n) is 3.41. The molecule has 0 unspecified atom stereocenters. The molecule has 0 aliphatic rings. The number of nitrogens with zero attached hydrogens (tertiary/aromatic N) is 2. The summed E-state index contributed by atoms with van der Waals surface area (Å²) in [4.78, 5) is 2.51. The minimum Gasteiger partial charge on any atom is -0.342 e. The number of sulfonamides is 1. The highest BCUT2D eigenvalue weighted by molar-refractivity contribution is 7.89. The van der Waals surface area contributed by atoms with Crippen LogP contribution in [0.5, 0.6) is 0 Å². The molecule has 1 heterocycles. The standard InChI is InChI=1S/C24H23N3O2S/c1-2-19-12-14-22(15-13-19)30(28,29)26-25-16-21-18-27(17-20-8-4-3-5-9-20)24-11-7-6-10-23(21)24/h3-16,18,26H,2,17H2,1H3/b25-16+. The first-order valence-corrected chi connectivity index (χ1v) is 11.3. The molecule has 152 valence electrons. The van der Waals surface area contributed by atoms with Crippen LogP contribution in [0.4, 0.5) is 0 Å². The first kappa shape index (κ1) is 19.9. The topological polar surface area (TPSA) is 63.5 Å². The normalized spacial score (nSPS) is 11.9. The minimum absolute atomic E-state index is 0.198. The Labute approximate surface area is 176 Å². The molecule has 0 saturated carbocycles. The Hall–Kier alpha value is -3.38. The maximum Gasteiger partial charge on any atom is 0.276 e. The van der Waals surface area contributed by atoms with Crippen molar-refractivity contribution in [1.82, 2.24) is 9.40 Å². The summed E-state index contributed by atoms with van der Waals surface area (Å²) in [7, 11) is -3.71. The second-order valence-electron chi connectivity index (χ2n) is 7.07. The third-order valence-corrected chi connectivity index (χ3v) is 6.27. The molecule has 0 fully saturated rings. The van der Waals surface area contributed by atoms with Crippen LogP contribution in [0.25, 0.3) is 10.9 Å². The van der Waals surface area contributed by atoms with E-state index in [0.717, 1.165) is 35.0 Å². The average Bonchev–Trinajstić information content (AvgIpc) is 3.12. The molecule has 3 aromatic carbocycles. The van der Waals surface area contributed by atoms with Crippen LogP contribution in [-0.2, 0) is 23.0 Å². The second kappa shape index (κ2) is 8.55. The first-order valence-electron chi connectivity index (χ1n) is 9.82. The van der Waals surface area contributed by atoms with Gasteiger partial charge in [-0.05, 0) is 35.7 Å². The van der Waals surface area contributed by atoms with Gasteiger partial charge in [0.2, 0.25) is 0 Å². The number of nitrogens with one attached hydrogen (secondary N) is 1. The molecule has 0 atom stereocenters. The summed E-state index contributed by atoms with van der Waals surface area (Å²) in [6.07, 6.45) is 4.41. The van der Waals surface area contributed by atoms with Gasteiger partial charge in [0, 0.05) is 29.2 Å². The van der Waals surface area contributed by atoms with Gasteiger partial charge in [0.15, 0.2) is 0 Å². The number of hydrogen-bond donors (Lipinski definition) is 1. The summed E-state index contributed by atoms with van der Waals surface area (Å²) in [5.41, 5.74) is 4.20. The molecule has 1 N–H and O–H groups in total. The summed E-state index contributed by atoms with van der Waals surface area (Å²) < 4.78 is 27.1. The molecule has 0 bridgehead atoms. The summed E-state index contributed by atoms with van der Waals surface area (Å²) in [6.45, 7) is 2.75. The molecule has 4 aromatic rings. The van der Waals surface area contributed by atoms with E-state index in [9.17, 15) is 8.42 Å². The van der Waals surface area contributed by atoms with E-state index < -0.39 is 10.0 Å². The van der Waals surface area contributed by atoms with Gasteiger partial charge in [-0.2, -0.15) is 13.5 Å². The Kier molecular flexibility index (Phi) is 5.68. The summed E-state index contributed by atoms with van der Waals surface area (Å²) in [6, 6.07) is 25.1. The molecule has 6 heteroatoms. The van der Waals surface area contributed by atoms with Gasteiger partial charge in [0.1, 0.15) is 0 Å². The maximum absolute atomic E-state index is 12.5. The molecular weight excluding hydrogens is 394 g/mol. The van der Waals surface area contributed by atoms with Crippen molar-refractivity contribution >= 4 is 27.1 Å². The third kappa shape index (κ3) is 4.28. The Morgan fingerprint density at radius 2 is 1.60 bits per heavy atom. The third-order valence-electron chi connectivity index (χ3n) is 5.03. The fourth-order valence-corrected chi connectivity index (χ4v) is 4.20. The number of aromatic nitrogens is 1. The van der Waals surface area contributed by atoms with E-state index in [0.29, 0.717) is 0 Å². The number of aryl methyl sites for hydroxylation is 1. The molecule has 4 rings (SSSR count). The zero-order chi connectivity index (χ0) is 21.0. The van der Waals surface area contributed by atoms with Crippen molar-refractivity contribution in [3.8, 4) is 0 Å². The highest BCUT2D eigenvalue weighted by atomic mass is 32.2. The van der Waals surface area contributed by atoms with Crippen molar-refractivity contribution in [2.45, 2.75) is 24.8 Å². The lowest BCUT2D eigenvalue weighted by Gasteiger charge is -2.05. The zero-order valence-electron chi connectivity index (χ0n) is 16.7. The average molecular weight is 418 g/mol. The molecule has 5 nitrogen and oxygen atoms in total. The molecule has 0 radical (unpaired) electrons. The highest BCUT2D eigenvalue weighted by Gasteiger charge is 2.12.